The molecule has 0 amide bonds. The molecule has 2 atom stereocenters. The van der Waals surface area contributed by atoms with E-state index in [4.69, 9.17) is 0 Å². The molecule has 0 bridgehead atoms. The number of hydrogen-bond acceptors (Lipinski definition) is 2. The fourth-order valence-electron chi connectivity index (χ4n) is 3.85. The Morgan fingerprint density at radius 1 is 1.05 bits per heavy atom. The summed E-state index contributed by atoms with van der Waals surface area (Å²) >= 11 is 0. The predicted molar refractivity (Wildman–Crippen MR) is 84.5 cm³/mol. The molecule has 2 aromatic carbocycles. The lowest BCUT2D eigenvalue weighted by Crippen LogP contribution is -2.22. The van der Waals surface area contributed by atoms with Gasteiger partial charge in [0.1, 0.15) is 0 Å². The van der Waals surface area contributed by atoms with E-state index in [9.17, 15) is 0 Å². The van der Waals surface area contributed by atoms with E-state index in [2.05, 4.69) is 65.8 Å². The van der Waals surface area contributed by atoms with Crippen LogP contribution in [0.25, 0.3) is 0 Å². The van der Waals surface area contributed by atoms with Gasteiger partial charge in [-0.1, -0.05) is 30.3 Å². The van der Waals surface area contributed by atoms with Gasteiger partial charge in [-0.15, -0.1) is 0 Å². The fourth-order valence-corrected chi connectivity index (χ4v) is 3.85. The lowest BCUT2D eigenvalue weighted by atomic mass is 9.93. The molecule has 1 heterocycles. The van der Waals surface area contributed by atoms with Crippen LogP contribution in [0.2, 0.25) is 0 Å². The van der Waals surface area contributed by atoms with Crippen LogP contribution in [-0.2, 0) is 0 Å². The van der Waals surface area contributed by atoms with Gasteiger partial charge < -0.3 is 10.2 Å². The number of nitrogens with zero attached hydrogens (tertiary/aromatic N) is 1. The summed E-state index contributed by atoms with van der Waals surface area (Å²) in [4.78, 5) is 2.44. The highest BCUT2D eigenvalue weighted by Crippen LogP contribution is 2.50. The summed E-state index contributed by atoms with van der Waals surface area (Å²) in [7, 11) is 2.23. The average Bonchev–Trinajstić information content (AvgIpc) is 2.89. The first-order valence-corrected chi connectivity index (χ1v) is 7.49. The Morgan fingerprint density at radius 3 is 2.75 bits per heavy atom. The van der Waals surface area contributed by atoms with Gasteiger partial charge in [0, 0.05) is 25.0 Å². The molecule has 2 aliphatic rings. The van der Waals surface area contributed by atoms with Crippen LogP contribution in [0.5, 0.6) is 0 Å². The van der Waals surface area contributed by atoms with Crippen LogP contribution >= 0.6 is 0 Å². The Balaban J connectivity index is 1.75. The van der Waals surface area contributed by atoms with Crippen LogP contribution in [0.4, 0.5) is 11.4 Å². The van der Waals surface area contributed by atoms with Crippen molar-refractivity contribution < 1.29 is 0 Å². The monoisotopic (exact) mass is 264 g/mol. The van der Waals surface area contributed by atoms with Crippen LogP contribution in [0, 0.1) is 0 Å². The molecule has 0 radical (unpaired) electrons. The van der Waals surface area contributed by atoms with Crippen molar-refractivity contribution in [3.63, 3.8) is 0 Å². The molecule has 2 unspecified atom stereocenters. The van der Waals surface area contributed by atoms with Gasteiger partial charge in [0.15, 0.2) is 0 Å². The maximum absolute atomic E-state index is 3.55. The minimum atomic E-state index is 0.511. The molecular weight excluding hydrogens is 244 g/mol. The zero-order valence-corrected chi connectivity index (χ0v) is 11.8. The highest BCUT2D eigenvalue weighted by atomic mass is 15.1. The summed E-state index contributed by atoms with van der Waals surface area (Å²) < 4.78 is 0. The summed E-state index contributed by atoms with van der Waals surface area (Å²) in [5.74, 6) is 0.735. The van der Waals surface area contributed by atoms with Gasteiger partial charge in [0.25, 0.3) is 0 Å². The number of hydrogen-bond donors (Lipinski definition) is 1. The molecule has 0 fully saturated rings. The van der Waals surface area contributed by atoms with E-state index in [1.165, 1.54) is 29.8 Å². The summed E-state index contributed by atoms with van der Waals surface area (Å²) in [5.41, 5.74) is 5.77. The third kappa shape index (κ3) is 1.71. The van der Waals surface area contributed by atoms with Crippen molar-refractivity contribution in [1.29, 1.82) is 0 Å². The van der Waals surface area contributed by atoms with E-state index in [0.29, 0.717) is 6.04 Å². The molecule has 1 aliphatic carbocycles. The van der Waals surface area contributed by atoms with Gasteiger partial charge in [-0.25, -0.2) is 0 Å². The second-order valence-electron chi connectivity index (χ2n) is 5.92. The number of benzene rings is 2. The van der Waals surface area contributed by atoms with Crippen molar-refractivity contribution >= 4 is 11.4 Å². The highest BCUT2D eigenvalue weighted by molar-refractivity contribution is 5.63. The number of rotatable bonds is 2. The van der Waals surface area contributed by atoms with Crippen LogP contribution in [0.1, 0.15) is 35.9 Å². The zero-order valence-electron chi connectivity index (χ0n) is 11.8. The molecule has 0 saturated carbocycles. The van der Waals surface area contributed by atoms with E-state index >= 15 is 0 Å². The Hall–Kier alpha value is -1.96. The fraction of sp³-hybridized carbons (Fsp3) is 0.333. The molecule has 2 aromatic rings. The Morgan fingerprint density at radius 2 is 1.90 bits per heavy atom. The van der Waals surface area contributed by atoms with Crippen molar-refractivity contribution in [1.82, 2.24) is 0 Å². The molecule has 0 saturated heterocycles. The third-order valence-corrected chi connectivity index (χ3v) is 4.85. The number of para-hydroxylation sites is 1. The third-order valence-electron chi connectivity index (χ3n) is 4.85. The van der Waals surface area contributed by atoms with Gasteiger partial charge in [-0.05, 0) is 48.1 Å². The van der Waals surface area contributed by atoms with Gasteiger partial charge >= 0.3 is 0 Å². The lowest BCUT2D eigenvalue weighted by Gasteiger charge is -2.27. The molecular formula is C18H20N2. The van der Waals surface area contributed by atoms with Gasteiger partial charge in [0.05, 0.1) is 6.04 Å². The maximum Gasteiger partial charge on any atom is 0.0548 e. The average molecular weight is 264 g/mol. The van der Waals surface area contributed by atoms with E-state index in [-0.39, 0.29) is 0 Å². The molecule has 0 aromatic heterocycles. The zero-order chi connectivity index (χ0) is 13.5. The lowest BCUT2D eigenvalue weighted by molar-refractivity contribution is 0.554. The second-order valence-corrected chi connectivity index (χ2v) is 5.92. The van der Waals surface area contributed by atoms with Crippen molar-refractivity contribution in [2.45, 2.75) is 24.8 Å². The summed E-state index contributed by atoms with van der Waals surface area (Å²) in [6, 6.07) is 18.0. The van der Waals surface area contributed by atoms with Crippen molar-refractivity contribution in [3.8, 4) is 0 Å². The Bertz CT molecular complexity index is 621. The van der Waals surface area contributed by atoms with E-state index in [1.54, 1.807) is 5.56 Å². The number of nitrogens with one attached hydrogen (secondary N) is 1. The van der Waals surface area contributed by atoms with E-state index in [0.717, 1.165) is 12.5 Å². The largest absolute Gasteiger partial charge is 0.385 e. The van der Waals surface area contributed by atoms with E-state index < -0.39 is 0 Å². The first kappa shape index (κ1) is 11.8. The van der Waals surface area contributed by atoms with Crippen LogP contribution in [0.3, 0.4) is 0 Å². The molecule has 2 nitrogen and oxygen atoms in total. The normalized spacial score (nSPS) is 23.1. The standard InChI is InChI=1S/C18H20N2/c1-20(14-6-3-2-4-7-14)17-12-13-10-11-19-16-9-5-8-15(17)18(13)16/h2-9,13,17,19H,10-12H2,1H3. The molecule has 20 heavy (non-hydrogen) atoms. The topological polar surface area (TPSA) is 15.3 Å². The number of anilines is 2. The van der Waals surface area contributed by atoms with Crippen LogP contribution in [-0.4, -0.2) is 13.6 Å². The first-order valence-electron chi connectivity index (χ1n) is 7.49. The quantitative estimate of drug-likeness (QED) is 0.876. The van der Waals surface area contributed by atoms with Gasteiger partial charge in [-0.2, -0.15) is 0 Å². The first-order chi connectivity index (χ1) is 9.84. The molecule has 1 N–H and O–H groups in total. The van der Waals surface area contributed by atoms with Crippen molar-refractivity contribution in [2.75, 3.05) is 23.8 Å². The maximum atomic E-state index is 3.55. The molecule has 102 valence electrons. The molecule has 4 rings (SSSR count). The van der Waals surface area contributed by atoms with Gasteiger partial charge in [-0.3, -0.25) is 0 Å². The minimum Gasteiger partial charge on any atom is -0.385 e. The predicted octanol–water partition coefficient (Wildman–Crippen LogP) is 4.17. The summed E-state index contributed by atoms with van der Waals surface area (Å²) in [6.07, 6.45) is 2.52. The smallest absolute Gasteiger partial charge is 0.0548 e. The molecule has 2 heteroatoms. The summed E-state index contributed by atoms with van der Waals surface area (Å²) in [6.45, 7) is 1.11. The molecule has 1 aliphatic heterocycles. The Kier molecular flexibility index (Phi) is 2.69. The Labute approximate surface area is 120 Å². The SMILES string of the molecule is CN(c1ccccc1)C1CC2CCNc3cccc1c32. The summed E-state index contributed by atoms with van der Waals surface area (Å²) in [5, 5.41) is 3.55. The minimum absolute atomic E-state index is 0.511. The van der Waals surface area contributed by atoms with Crippen LogP contribution < -0.4 is 10.2 Å². The molecule has 0 spiro atoms. The highest BCUT2D eigenvalue weighted by Gasteiger charge is 2.36. The second kappa shape index (κ2) is 4.55. The van der Waals surface area contributed by atoms with Crippen molar-refractivity contribution in [2.24, 2.45) is 0 Å². The van der Waals surface area contributed by atoms with E-state index in [1.807, 2.05) is 0 Å². The van der Waals surface area contributed by atoms with Gasteiger partial charge in [0.2, 0.25) is 0 Å². The van der Waals surface area contributed by atoms with Crippen molar-refractivity contribution in [3.05, 3.63) is 59.7 Å². The van der Waals surface area contributed by atoms with Crippen LogP contribution in [0.15, 0.2) is 48.5 Å².